The van der Waals surface area contributed by atoms with E-state index in [4.69, 9.17) is 0 Å². The SMILES string of the molecule is O=S=Nc1ccc2ccccc2n1. The van der Waals surface area contributed by atoms with Gasteiger partial charge in [-0.25, -0.2) is 4.98 Å². The molecule has 0 saturated heterocycles. The van der Waals surface area contributed by atoms with Crippen LogP contribution in [0.25, 0.3) is 10.9 Å². The van der Waals surface area contributed by atoms with Crippen LogP contribution in [0.5, 0.6) is 0 Å². The van der Waals surface area contributed by atoms with Crippen LogP contribution in [0.15, 0.2) is 40.8 Å². The van der Waals surface area contributed by atoms with Gasteiger partial charge < -0.3 is 0 Å². The Morgan fingerprint density at radius 3 is 2.85 bits per heavy atom. The summed E-state index contributed by atoms with van der Waals surface area (Å²) < 4.78 is 13.8. The molecule has 3 nitrogen and oxygen atoms in total. The second-order valence-electron chi connectivity index (χ2n) is 2.53. The van der Waals surface area contributed by atoms with Crippen LogP contribution in [-0.2, 0) is 11.5 Å². The molecule has 0 radical (unpaired) electrons. The van der Waals surface area contributed by atoms with Crippen molar-refractivity contribution >= 4 is 28.2 Å². The molecule has 2 aromatic rings. The van der Waals surface area contributed by atoms with Gasteiger partial charge in [0.05, 0.1) is 5.52 Å². The lowest BCUT2D eigenvalue weighted by Crippen LogP contribution is -1.76. The molecule has 0 aliphatic carbocycles. The smallest absolute Gasteiger partial charge is 0.206 e. The monoisotopic (exact) mass is 190 g/mol. The van der Waals surface area contributed by atoms with Crippen molar-refractivity contribution in [1.82, 2.24) is 4.98 Å². The van der Waals surface area contributed by atoms with E-state index < -0.39 is 0 Å². The molecule has 0 amide bonds. The lowest BCUT2D eigenvalue weighted by molar-refractivity contribution is 0.698. The fourth-order valence-electron chi connectivity index (χ4n) is 1.14. The van der Waals surface area contributed by atoms with Gasteiger partial charge in [0, 0.05) is 5.39 Å². The van der Waals surface area contributed by atoms with Crippen molar-refractivity contribution in [2.24, 2.45) is 4.36 Å². The zero-order valence-electron chi connectivity index (χ0n) is 6.68. The summed E-state index contributed by atoms with van der Waals surface area (Å²) in [6, 6.07) is 11.3. The number of rotatable bonds is 1. The molecule has 2 rings (SSSR count). The first-order valence-corrected chi connectivity index (χ1v) is 4.46. The molecule has 0 bridgehead atoms. The fraction of sp³-hybridized carbons (Fsp3) is 0. The highest BCUT2D eigenvalue weighted by molar-refractivity contribution is 7.54. The number of pyridine rings is 1. The highest BCUT2D eigenvalue weighted by Gasteiger charge is 1.94. The standard InChI is InChI=1S/C9H6N2OS/c12-13-11-9-6-5-7-3-1-2-4-8(7)10-9/h1-6H. The summed E-state index contributed by atoms with van der Waals surface area (Å²) >= 11 is 0.176. The van der Waals surface area contributed by atoms with Crippen LogP contribution in [-0.4, -0.2) is 9.19 Å². The van der Waals surface area contributed by atoms with E-state index in [1.807, 2.05) is 30.3 Å². The summed E-state index contributed by atoms with van der Waals surface area (Å²) in [6.07, 6.45) is 0. The van der Waals surface area contributed by atoms with E-state index in [1.54, 1.807) is 6.07 Å². The number of aromatic nitrogens is 1. The lowest BCUT2D eigenvalue weighted by Gasteiger charge is -1.95. The van der Waals surface area contributed by atoms with Gasteiger partial charge in [-0.2, -0.15) is 4.21 Å². The number of fused-ring (bicyclic) bond motifs is 1. The largest absolute Gasteiger partial charge is 0.228 e. The highest BCUT2D eigenvalue weighted by Crippen LogP contribution is 2.15. The van der Waals surface area contributed by atoms with Gasteiger partial charge in [0.25, 0.3) is 0 Å². The number of para-hydroxylation sites is 1. The maximum absolute atomic E-state index is 10.1. The Balaban J connectivity index is 2.68. The lowest BCUT2D eigenvalue weighted by atomic mass is 10.2. The molecule has 1 heterocycles. The van der Waals surface area contributed by atoms with E-state index in [-0.39, 0.29) is 11.5 Å². The molecule has 0 aliphatic heterocycles. The number of benzene rings is 1. The van der Waals surface area contributed by atoms with Crippen molar-refractivity contribution in [3.63, 3.8) is 0 Å². The van der Waals surface area contributed by atoms with Crippen LogP contribution < -0.4 is 0 Å². The average molecular weight is 190 g/mol. The first-order valence-electron chi connectivity index (χ1n) is 3.76. The zero-order chi connectivity index (χ0) is 9.10. The predicted octanol–water partition coefficient (Wildman–Crippen LogP) is 2.26. The minimum Gasteiger partial charge on any atom is -0.228 e. The Bertz CT molecular complexity index is 492. The predicted molar refractivity (Wildman–Crippen MR) is 52.0 cm³/mol. The van der Waals surface area contributed by atoms with Crippen LogP contribution in [0.3, 0.4) is 0 Å². The third kappa shape index (κ3) is 1.62. The van der Waals surface area contributed by atoms with Crippen LogP contribution in [0.4, 0.5) is 5.82 Å². The molecule has 4 heteroatoms. The van der Waals surface area contributed by atoms with Crippen molar-refractivity contribution in [2.45, 2.75) is 0 Å². The molecule has 0 saturated carbocycles. The van der Waals surface area contributed by atoms with Gasteiger partial charge in [-0.3, -0.25) is 0 Å². The van der Waals surface area contributed by atoms with Crippen LogP contribution >= 0.6 is 0 Å². The molecule has 0 N–H and O–H groups in total. The summed E-state index contributed by atoms with van der Waals surface area (Å²) in [4.78, 5) is 4.18. The summed E-state index contributed by atoms with van der Waals surface area (Å²) in [5.74, 6) is 0.471. The Hall–Kier alpha value is -1.55. The third-order valence-electron chi connectivity index (χ3n) is 1.71. The van der Waals surface area contributed by atoms with Gasteiger partial charge in [-0.15, -0.1) is 4.36 Å². The minimum atomic E-state index is 0.176. The maximum atomic E-state index is 10.1. The van der Waals surface area contributed by atoms with Crippen LogP contribution in [0.2, 0.25) is 0 Å². The summed E-state index contributed by atoms with van der Waals surface area (Å²) in [5, 5.41) is 1.05. The molecule has 0 unspecified atom stereocenters. The van der Waals surface area contributed by atoms with Crippen molar-refractivity contribution in [3.05, 3.63) is 36.4 Å². The van der Waals surface area contributed by atoms with Gasteiger partial charge >= 0.3 is 0 Å². The molecule has 13 heavy (non-hydrogen) atoms. The van der Waals surface area contributed by atoms with Crippen molar-refractivity contribution in [3.8, 4) is 0 Å². The number of nitrogens with zero attached hydrogens (tertiary/aromatic N) is 2. The quantitative estimate of drug-likeness (QED) is 0.692. The third-order valence-corrected chi connectivity index (χ3v) is 1.98. The highest BCUT2D eigenvalue weighted by atomic mass is 32.1. The van der Waals surface area contributed by atoms with Crippen molar-refractivity contribution in [1.29, 1.82) is 0 Å². The summed E-state index contributed by atoms with van der Waals surface area (Å²) in [6.45, 7) is 0. The molecular weight excluding hydrogens is 184 g/mol. The average Bonchev–Trinajstić information content (AvgIpc) is 2.18. The normalized spacial score (nSPS) is 9.85. The molecule has 64 valence electrons. The molecule has 0 spiro atoms. The molecule has 0 aliphatic rings. The van der Waals surface area contributed by atoms with Crippen LogP contribution in [0, 0.1) is 0 Å². The van der Waals surface area contributed by atoms with Gasteiger partial charge in [0.1, 0.15) is 0 Å². The molecule has 0 fully saturated rings. The molecule has 1 aromatic carbocycles. The van der Waals surface area contributed by atoms with Crippen molar-refractivity contribution in [2.75, 3.05) is 0 Å². The maximum Gasteiger partial charge on any atom is 0.206 e. The second-order valence-corrected chi connectivity index (χ2v) is 2.86. The van der Waals surface area contributed by atoms with E-state index in [1.165, 1.54) is 0 Å². The second kappa shape index (κ2) is 3.45. The Morgan fingerprint density at radius 1 is 1.15 bits per heavy atom. The minimum absolute atomic E-state index is 0.176. The Kier molecular flexibility index (Phi) is 2.14. The first-order chi connectivity index (χ1) is 6.40. The van der Waals surface area contributed by atoms with E-state index in [0.717, 1.165) is 10.9 Å². The number of hydrogen-bond acceptors (Lipinski definition) is 3. The van der Waals surface area contributed by atoms with E-state index in [2.05, 4.69) is 9.35 Å². The van der Waals surface area contributed by atoms with Crippen molar-refractivity contribution < 1.29 is 4.21 Å². The Morgan fingerprint density at radius 2 is 2.00 bits per heavy atom. The van der Waals surface area contributed by atoms with E-state index in [9.17, 15) is 4.21 Å². The van der Waals surface area contributed by atoms with Gasteiger partial charge in [0.2, 0.25) is 11.5 Å². The zero-order valence-corrected chi connectivity index (χ0v) is 7.49. The van der Waals surface area contributed by atoms with Crippen LogP contribution in [0.1, 0.15) is 0 Å². The molecular formula is C9H6N2OS. The van der Waals surface area contributed by atoms with E-state index >= 15 is 0 Å². The molecule has 0 atom stereocenters. The summed E-state index contributed by atoms with van der Waals surface area (Å²) in [5.41, 5.74) is 0.859. The van der Waals surface area contributed by atoms with Gasteiger partial charge in [0.15, 0.2) is 5.82 Å². The van der Waals surface area contributed by atoms with Gasteiger partial charge in [-0.1, -0.05) is 18.2 Å². The van der Waals surface area contributed by atoms with Gasteiger partial charge in [-0.05, 0) is 18.2 Å². The summed E-state index contributed by atoms with van der Waals surface area (Å²) in [7, 11) is 0. The number of hydrogen-bond donors (Lipinski definition) is 0. The Labute approximate surface area is 78.7 Å². The topological polar surface area (TPSA) is 42.3 Å². The first kappa shape index (κ1) is 8.07. The molecule has 1 aromatic heterocycles. The fourth-order valence-corrected chi connectivity index (χ4v) is 1.32. The van der Waals surface area contributed by atoms with E-state index in [0.29, 0.717) is 5.82 Å².